The molecule has 1 N–H and O–H groups in total. The van der Waals surface area contributed by atoms with Gasteiger partial charge in [-0.3, -0.25) is 4.79 Å². The van der Waals surface area contributed by atoms with E-state index in [1.165, 1.54) is 0 Å². The number of hydrogen-bond donors (Lipinski definition) is 1. The maximum atomic E-state index is 12.0. The summed E-state index contributed by atoms with van der Waals surface area (Å²) in [4.78, 5) is 20.0. The molecule has 1 amide bonds. The summed E-state index contributed by atoms with van der Waals surface area (Å²) in [5, 5.41) is 9.28. The fraction of sp³-hybridized carbons (Fsp3) is 0.429. The number of amides is 1. The number of halogens is 1. The fourth-order valence-electron chi connectivity index (χ4n) is 3.74. The van der Waals surface area contributed by atoms with Gasteiger partial charge in [0.15, 0.2) is 10.9 Å². The molecule has 2 aliphatic rings. The number of fused-ring (bicyclic) bond motifs is 1. The lowest BCUT2D eigenvalue weighted by Crippen LogP contribution is -2.31. The lowest BCUT2D eigenvalue weighted by atomic mass is 10.2. The number of hydrogen-bond acceptors (Lipinski definition) is 7. The summed E-state index contributed by atoms with van der Waals surface area (Å²) in [6, 6.07) is 7.55. The SMILES string of the molecule is COc1cc(N2CCOc3ccc(OC4CCN(C(=O)CCO)C4)cc32)cnc1Cl. The number of likely N-dealkylation sites (tertiary alicyclic amines) is 1. The molecule has 0 bridgehead atoms. The van der Waals surface area contributed by atoms with Crippen molar-refractivity contribution in [3.05, 3.63) is 35.6 Å². The average Bonchev–Trinajstić information content (AvgIpc) is 3.22. The highest BCUT2D eigenvalue weighted by Crippen LogP contribution is 2.40. The smallest absolute Gasteiger partial charge is 0.225 e. The van der Waals surface area contributed by atoms with Crippen molar-refractivity contribution in [1.82, 2.24) is 9.88 Å². The maximum absolute atomic E-state index is 12.0. The van der Waals surface area contributed by atoms with Crippen LogP contribution in [-0.2, 0) is 4.79 Å². The van der Waals surface area contributed by atoms with Crippen molar-refractivity contribution in [2.75, 3.05) is 44.9 Å². The van der Waals surface area contributed by atoms with Crippen molar-refractivity contribution in [2.45, 2.75) is 18.9 Å². The van der Waals surface area contributed by atoms with Crippen LogP contribution in [0.25, 0.3) is 0 Å². The van der Waals surface area contributed by atoms with Gasteiger partial charge in [-0.25, -0.2) is 4.98 Å². The summed E-state index contributed by atoms with van der Waals surface area (Å²) in [6.45, 7) is 2.22. The molecular formula is C21H24ClN3O5. The predicted molar refractivity (Wildman–Crippen MR) is 112 cm³/mol. The van der Waals surface area contributed by atoms with Crippen LogP contribution in [0.4, 0.5) is 11.4 Å². The number of pyridine rings is 1. The Bertz CT molecular complexity index is 926. The zero-order valence-corrected chi connectivity index (χ0v) is 17.5. The molecule has 1 atom stereocenters. The van der Waals surface area contributed by atoms with Gasteiger partial charge >= 0.3 is 0 Å². The van der Waals surface area contributed by atoms with Gasteiger partial charge in [0.2, 0.25) is 5.91 Å². The molecule has 1 fully saturated rings. The van der Waals surface area contributed by atoms with Crippen molar-refractivity contribution in [3.8, 4) is 17.2 Å². The number of carbonyl (C=O) groups is 1. The number of benzene rings is 1. The molecule has 3 heterocycles. The van der Waals surface area contributed by atoms with Gasteiger partial charge in [0, 0.05) is 31.5 Å². The van der Waals surface area contributed by atoms with Crippen molar-refractivity contribution >= 4 is 28.9 Å². The third kappa shape index (κ3) is 4.24. The Balaban J connectivity index is 1.52. The van der Waals surface area contributed by atoms with Gasteiger partial charge in [0.1, 0.15) is 24.2 Å². The number of ether oxygens (including phenoxy) is 3. The molecule has 0 radical (unpaired) electrons. The van der Waals surface area contributed by atoms with E-state index in [1.807, 2.05) is 24.3 Å². The molecule has 9 heteroatoms. The summed E-state index contributed by atoms with van der Waals surface area (Å²) in [5.74, 6) is 1.93. The van der Waals surface area contributed by atoms with Gasteiger partial charge in [-0.1, -0.05) is 11.6 Å². The van der Waals surface area contributed by atoms with Crippen molar-refractivity contribution in [1.29, 1.82) is 0 Å². The Labute approximate surface area is 179 Å². The first kappa shape index (κ1) is 20.6. The van der Waals surface area contributed by atoms with Crippen LogP contribution in [0.15, 0.2) is 30.5 Å². The van der Waals surface area contributed by atoms with Gasteiger partial charge in [-0.2, -0.15) is 0 Å². The minimum absolute atomic E-state index is 0.0437. The van der Waals surface area contributed by atoms with E-state index in [9.17, 15) is 4.79 Å². The molecule has 0 spiro atoms. The molecule has 1 unspecified atom stereocenters. The minimum Gasteiger partial charge on any atom is -0.493 e. The molecule has 30 heavy (non-hydrogen) atoms. The molecule has 160 valence electrons. The summed E-state index contributed by atoms with van der Waals surface area (Å²) >= 11 is 6.07. The summed E-state index contributed by atoms with van der Waals surface area (Å²) < 4.78 is 17.3. The molecule has 1 saturated heterocycles. The second-order valence-electron chi connectivity index (χ2n) is 7.16. The quantitative estimate of drug-likeness (QED) is 0.701. The van der Waals surface area contributed by atoms with Gasteiger partial charge in [0.25, 0.3) is 0 Å². The second kappa shape index (κ2) is 8.97. The Hall–Kier alpha value is -2.71. The normalized spacial score (nSPS) is 18.0. The lowest BCUT2D eigenvalue weighted by Gasteiger charge is -2.31. The molecule has 2 aromatic rings. The molecular weight excluding hydrogens is 410 g/mol. The van der Waals surface area contributed by atoms with Gasteiger partial charge in [0.05, 0.1) is 44.4 Å². The highest BCUT2D eigenvalue weighted by Gasteiger charge is 2.28. The number of nitrogens with zero attached hydrogens (tertiary/aromatic N) is 3. The Kier molecular flexibility index (Phi) is 6.15. The van der Waals surface area contributed by atoms with E-state index in [-0.39, 0.29) is 25.0 Å². The second-order valence-corrected chi connectivity index (χ2v) is 7.52. The van der Waals surface area contributed by atoms with Crippen LogP contribution in [0.5, 0.6) is 17.2 Å². The number of aromatic nitrogens is 1. The van der Waals surface area contributed by atoms with Crippen LogP contribution < -0.4 is 19.1 Å². The topological polar surface area (TPSA) is 84.4 Å². The first-order chi connectivity index (χ1) is 14.6. The van der Waals surface area contributed by atoms with Crippen LogP contribution in [0.3, 0.4) is 0 Å². The number of anilines is 2. The zero-order valence-electron chi connectivity index (χ0n) is 16.7. The van der Waals surface area contributed by atoms with Crippen LogP contribution >= 0.6 is 11.6 Å². The molecule has 2 aliphatic heterocycles. The first-order valence-corrected chi connectivity index (χ1v) is 10.3. The minimum atomic E-state index is -0.133. The van der Waals surface area contributed by atoms with Crippen molar-refractivity contribution in [2.24, 2.45) is 0 Å². The maximum Gasteiger partial charge on any atom is 0.225 e. The van der Waals surface area contributed by atoms with E-state index < -0.39 is 0 Å². The molecule has 1 aromatic carbocycles. The lowest BCUT2D eigenvalue weighted by molar-refractivity contribution is -0.131. The van der Waals surface area contributed by atoms with E-state index in [4.69, 9.17) is 30.9 Å². The largest absolute Gasteiger partial charge is 0.493 e. The van der Waals surface area contributed by atoms with E-state index in [1.54, 1.807) is 18.2 Å². The van der Waals surface area contributed by atoms with Gasteiger partial charge in [-0.05, 0) is 12.1 Å². The van der Waals surface area contributed by atoms with E-state index >= 15 is 0 Å². The third-order valence-electron chi connectivity index (χ3n) is 5.24. The van der Waals surface area contributed by atoms with Crippen LogP contribution in [0.2, 0.25) is 5.15 Å². The van der Waals surface area contributed by atoms with E-state index in [2.05, 4.69) is 9.88 Å². The number of rotatable bonds is 6. The van der Waals surface area contributed by atoms with E-state index in [0.29, 0.717) is 42.9 Å². The van der Waals surface area contributed by atoms with Crippen LogP contribution in [-0.4, -0.2) is 67.0 Å². The highest BCUT2D eigenvalue weighted by molar-refractivity contribution is 6.30. The Morgan fingerprint density at radius 3 is 3.03 bits per heavy atom. The zero-order chi connectivity index (χ0) is 21.1. The summed E-state index contributed by atoms with van der Waals surface area (Å²) in [6.07, 6.45) is 2.53. The molecule has 0 aliphatic carbocycles. The number of aliphatic hydroxyl groups is 1. The van der Waals surface area contributed by atoms with Crippen LogP contribution in [0, 0.1) is 0 Å². The third-order valence-corrected chi connectivity index (χ3v) is 5.53. The molecule has 8 nitrogen and oxygen atoms in total. The standard InChI is InChI=1S/C21H24ClN3O5/c1-28-19-10-14(12-23-21(19)22)25-7-9-29-18-3-2-15(11-17(18)25)30-16-4-6-24(13-16)20(27)5-8-26/h2-3,10-12,16,26H,4-9,13H2,1H3. The monoisotopic (exact) mass is 433 g/mol. The van der Waals surface area contributed by atoms with E-state index in [0.717, 1.165) is 23.5 Å². The number of aliphatic hydroxyl groups excluding tert-OH is 1. The molecule has 0 saturated carbocycles. The Morgan fingerprint density at radius 1 is 1.37 bits per heavy atom. The first-order valence-electron chi connectivity index (χ1n) is 9.88. The average molecular weight is 434 g/mol. The van der Waals surface area contributed by atoms with Crippen molar-refractivity contribution < 1.29 is 24.1 Å². The highest BCUT2D eigenvalue weighted by atomic mass is 35.5. The Morgan fingerprint density at radius 2 is 2.23 bits per heavy atom. The summed E-state index contributed by atoms with van der Waals surface area (Å²) in [7, 11) is 1.56. The molecule has 1 aromatic heterocycles. The summed E-state index contributed by atoms with van der Waals surface area (Å²) in [5.41, 5.74) is 1.72. The van der Waals surface area contributed by atoms with Gasteiger partial charge < -0.3 is 29.1 Å². The number of methoxy groups -OCH3 is 1. The number of carbonyl (C=O) groups excluding carboxylic acids is 1. The predicted octanol–water partition coefficient (Wildman–Crippen LogP) is 2.64. The molecule has 4 rings (SSSR count). The van der Waals surface area contributed by atoms with Crippen molar-refractivity contribution in [3.63, 3.8) is 0 Å². The van der Waals surface area contributed by atoms with Crippen LogP contribution in [0.1, 0.15) is 12.8 Å². The fourth-order valence-corrected chi connectivity index (χ4v) is 3.92. The van der Waals surface area contributed by atoms with Gasteiger partial charge in [-0.15, -0.1) is 0 Å².